The van der Waals surface area contributed by atoms with E-state index in [0.29, 0.717) is 0 Å². The largest absolute Gasteiger partial charge is 0.498 e. The van der Waals surface area contributed by atoms with Crippen LogP contribution in [0.4, 0.5) is 0 Å². The number of hydrogen-bond acceptors (Lipinski definition) is 8. The van der Waals surface area contributed by atoms with Gasteiger partial charge < -0.3 is 19.6 Å². The second kappa shape index (κ2) is 16.7. The number of thioether (sulfide) groups is 4. The second-order valence-corrected chi connectivity index (χ2v) is 13.8. The molecule has 0 aliphatic carbocycles. The van der Waals surface area contributed by atoms with Gasteiger partial charge in [0.25, 0.3) is 0 Å². The summed E-state index contributed by atoms with van der Waals surface area (Å²) in [6.07, 6.45) is 0. The Balaban J connectivity index is 0.000000192. The molecule has 2 heterocycles. The molecule has 9 heteroatoms. The van der Waals surface area contributed by atoms with Gasteiger partial charge in [0.05, 0.1) is 20.1 Å². The van der Waals surface area contributed by atoms with Crippen LogP contribution in [-0.2, 0) is 22.4 Å². The summed E-state index contributed by atoms with van der Waals surface area (Å²) in [5.74, 6) is 0. The predicted octanol–water partition coefficient (Wildman–Crippen LogP) is 9.39. The molecule has 0 saturated carbocycles. The predicted molar refractivity (Wildman–Crippen MR) is 183 cm³/mol. The summed E-state index contributed by atoms with van der Waals surface area (Å²) >= 11 is 7.21. The van der Waals surface area contributed by atoms with Crippen LogP contribution in [0.25, 0.3) is 0 Å². The van der Waals surface area contributed by atoms with Gasteiger partial charge in [-0.15, -0.1) is 0 Å². The minimum absolute atomic E-state index is 0. The molecule has 0 spiro atoms. The van der Waals surface area contributed by atoms with Crippen LogP contribution in [-0.4, -0.2) is 47.8 Å². The van der Waals surface area contributed by atoms with Crippen LogP contribution in [0, 0.1) is 13.3 Å². The van der Waals surface area contributed by atoms with E-state index in [-0.39, 0.29) is 22.4 Å². The van der Waals surface area contributed by atoms with Crippen molar-refractivity contribution < 1.29 is 22.4 Å². The normalized spacial score (nSPS) is 14.6. The van der Waals surface area contributed by atoms with Crippen molar-refractivity contribution in [3.8, 4) is 0 Å². The molecule has 0 bridgehead atoms. The molecule has 2 aliphatic heterocycles. The van der Waals surface area contributed by atoms with E-state index in [9.17, 15) is 0 Å². The summed E-state index contributed by atoms with van der Waals surface area (Å²) in [5, 5.41) is 5.05. The third-order valence-electron chi connectivity index (χ3n) is 6.17. The van der Waals surface area contributed by atoms with Crippen LogP contribution in [0.1, 0.15) is 0 Å². The topological polar surface area (TPSA) is 13.0 Å². The maximum atomic E-state index is 2.18. The Labute approximate surface area is 289 Å². The molecule has 2 aliphatic rings. The van der Waals surface area contributed by atoms with E-state index < -0.39 is 0 Å². The molecule has 4 aromatic rings. The van der Waals surface area contributed by atoms with E-state index >= 15 is 0 Å². The molecule has 43 heavy (non-hydrogen) atoms. The fourth-order valence-electron chi connectivity index (χ4n) is 4.20. The van der Waals surface area contributed by atoms with E-state index in [0.717, 1.165) is 0 Å². The average Bonchev–Trinajstić information content (AvgIpc) is 3.43. The van der Waals surface area contributed by atoms with Crippen LogP contribution in [0.15, 0.2) is 161 Å². The van der Waals surface area contributed by atoms with Crippen molar-refractivity contribution in [2.24, 2.45) is 0 Å². The Morgan fingerprint density at radius 2 is 0.535 bits per heavy atom. The van der Waals surface area contributed by atoms with E-state index in [1.807, 2.05) is 0 Å². The summed E-state index contributed by atoms with van der Waals surface area (Å²) in [6, 6.07) is 42.0. The summed E-state index contributed by atoms with van der Waals surface area (Å²) in [7, 11) is 8.39. The number of rotatable bonds is 8. The molecule has 4 nitrogen and oxygen atoms in total. The molecule has 0 aromatic heterocycles. The van der Waals surface area contributed by atoms with Crippen molar-refractivity contribution >= 4 is 47.0 Å². The Morgan fingerprint density at radius 3 is 0.721 bits per heavy atom. The van der Waals surface area contributed by atoms with Gasteiger partial charge in [0, 0.05) is 42.0 Å². The van der Waals surface area contributed by atoms with Crippen molar-refractivity contribution in [1.82, 2.24) is 19.6 Å². The molecule has 0 atom stereocenters. The van der Waals surface area contributed by atoms with Gasteiger partial charge in [-0.05, 0) is 76.7 Å². The van der Waals surface area contributed by atoms with Crippen LogP contribution < -0.4 is 0 Å². The first-order chi connectivity index (χ1) is 20.5. The minimum Gasteiger partial charge on any atom is -0.498 e. The van der Waals surface area contributed by atoms with Crippen molar-refractivity contribution in [1.29, 1.82) is 0 Å². The molecule has 4 aromatic carbocycles. The van der Waals surface area contributed by atoms with Gasteiger partial charge in [-0.3, -0.25) is 0 Å². The fourth-order valence-corrected chi connectivity index (χ4v) is 8.45. The van der Waals surface area contributed by atoms with E-state index in [2.05, 4.69) is 182 Å². The minimum atomic E-state index is 0. The molecule has 0 fully saturated rings. The van der Waals surface area contributed by atoms with E-state index in [1.54, 1.807) is 47.0 Å². The maximum Gasteiger partial charge on any atom is 0.0757 e. The number of nitrogens with zero attached hydrogens (tertiary/aromatic N) is 4. The smallest absolute Gasteiger partial charge is 0.0757 e. The molecular weight excluding hydrogens is 701 g/mol. The molecule has 0 unspecified atom stereocenters. The monoisotopic (exact) mass is 733 g/mol. The van der Waals surface area contributed by atoms with Gasteiger partial charge in [0.2, 0.25) is 0 Å². The SMILES string of the molecule is CN1[CH-]N(C)C(Sc2ccccc2)=C1Sc1ccccc1.CN1[CH-]N(C)C(Sc2ccccc2)=C1Sc1ccccc1.[Ag]. The van der Waals surface area contributed by atoms with Crippen LogP contribution in [0.2, 0.25) is 0 Å². The first-order valence-electron chi connectivity index (χ1n) is 13.5. The third kappa shape index (κ3) is 9.35. The van der Waals surface area contributed by atoms with Crippen LogP contribution >= 0.6 is 47.0 Å². The summed E-state index contributed by atoms with van der Waals surface area (Å²) in [4.78, 5) is 13.8. The molecular formula is C34H34AgN4S4-2. The van der Waals surface area contributed by atoms with Gasteiger partial charge in [-0.2, -0.15) is 13.3 Å². The zero-order chi connectivity index (χ0) is 29.3. The molecule has 0 amide bonds. The number of benzene rings is 4. The van der Waals surface area contributed by atoms with Crippen molar-refractivity contribution in [3.63, 3.8) is 0 Å². The summed E-state index contributed by atoms with van der Waals surface area (Å²) in [6.45, 7) is 4.24. The number of hydrogen-bond donors (Lipinski definition) is 0. The second-order valence-electron chi connectivity index (χ2n) is 9.56. The van der Waals surface area contributed by atoms with Gasteiger partial charge in [-0.25, -0.2) is 0 Å². The first kappa shape index (κ1) is 33.6. The van der Waals surface area contributed by atoms with Gasteiger partial charge in [0.15, 0.2) is 0 Å². The Kier molecular flexibility index (Phi) is 13.0. The van der Waals surface area contributed by atoms with Crippen LogP contribution in [0.5, 0.6) is 0 Å². The fraction of sp³-hybridized carbons (Fsp3) is 0.118. The molecule has 227 valence electrons. The Hall–Kier alpha value is -2.30. The zero-order valence-corrected chi connectivity index (χ0v) is 29.2. The van der Waals surface area contributed by atoms with Crippen molar-refractivity contribution in [2.75, 3.05) is 28.2 Å². The quantitative estimate of drug-likeness (QED) is 0.130. The van der Waals surface area contributed by atoms with Crippen molar-refractivity contribution in [2.45, 2.75) is 19.6 Å². The third-order valence-corrected chi connectivity index (χ3v) is 11.2. The van der Waals surface area contributed by atoms with Crippen LogP contribution in [0.3, 0.4) is 0 Å². The van der Waals surface area contributed by atoms with Gasteiger partial charge >= 0.3 is 0 Å². The Morgan fingerprint density at radius 1 is 0.349 bits per heavy atom. The molecule has 0 N–H and O–H groups in total. The Bertz CT molecular complexity index is 1260. The van der Waals surface area contributed by atoms with E-state index in [4.69, 9.17) is 0 Å². The summed E-state index contributed by atoms with van der Waals surface area (Å²) in [5.41, 5.74) is 0. The summed E-state index contributed by atoms with van der Waals surface area (Å²) < 4.78 is 0. The van der Waals surface area contributed by atoms with Gasteiger partial charge in [0.1, 0.15) is 0 Å². The average molecular weight is 735 g/mol. The van der Waals surface area contributed by atoms with Gasteiger partial charge in [-0.1, -0.05) is 120 Å². The molecule has 1 radical (unpaired) electrons. The molecule has 6 rings (SSSR count). The first-order valence-corrected chi connectivity index (χ1v) is 16.8. The standard InChI is InChI=1S/2C17H17N2S2.Ag/c2*1-18-13-19(2)17(21-15-11-7-4-8-12-15)16(18)20-14-9-5-3-6-10-14;/h2*3-13H,1-2H3;/q2*-1;. The van der Waals surface area contributed by atoms with Crippen molar-refractivity contribution in [3.05, 3.63) is 155 Å². The molecule has 0 saturated heterocycles. The van der Waals surface area contributed by atoms with E-state index in [1.165, 1.54) is 39.7 Å². The zero-order valence-electron chi connectivity index (χ0n) is 24.4. The maximum absolute atomic E-state index is 2.18.